The molecule has 0 spiro atoms. The molecule has 4 heteroatoms. The van der Waals surface area contributed by atoms with Crippen molar-refractivity contribution in [1.82, 2.24) is 0 Å². The molecule has 1 aliphatic rings. The summed E-state index contributed by atoms with van der Waals surface area (Å²) in [5.74, 6) is -1.72. The molecule has 0 heterocycles. The number of carboxylic acids is 1. The van der Waals surface area contributed by atoms with Crippen molar-refractivity contribution in [2.24, 2.45) is 5.92 Å². The van der Waals surface area contributed by atoms with Gasteiger partial charge in [-0.1, -0.05) is 31.1 Å². The average molecular weight is 316 g/mol. The number of rotatable bonds is 5. The van der Waals surface area contributed by atoms with Crippen LogP contribution in [0.15, 0.2) is 30.4 Å². The fourth-order valence-corrected chi connectivity index (χ4v) is 3.41. The summed E-state index contributed by atoms with van der Waals surface area (Å²) in [4.78, 5) is 11.6. The summed E-state index contributed by atoms with van der Waals surface area (Å²) in [7, 11) is 0. The molecule has 0 fully saturated rings. The van der Waals surface area contributed by atoms with Crippen molar-refractivity contribution in [3.05, 3.63) is 47.1 Å². The number of aromatic hydroxyl groups is 2. The Hall–Kier alpha value is -2.23. The number of phenols is 2. The van der Waals surface area contributed by atoms with Crippen LogP contribution in [0.5, 0.6) is 11.5 Å². The molecule has 4 nitrogen and oxygen atoms in total. The van der Waals surface area contributed by atoms with Crippen molar-refractivity contribution in [1.29, 1.82) is 0 Å². The second-order valence-corrected chi connectivity index (χ2v) is 6.22. The molecule has 23 heavy (non-hydrogen) atoms. The van der Waals surface area contributed by atoms with Gasteiger partial charge in [0, 0.05) is 11.5 Å². The van der Waals surface area contributed by atoms with Crippen LogP contribution in [-0.4, -0.2) is 21.3 Å². The Bertz CT molecular complexity index is 658. The van der Waals surface area contributed by atoms with Crippen molar-refractivity contribution in [2.75, 3.05) is 0 Å². The lowest BCUT2D eigenvalue weighted by atomic mass is 9.76. The summed E-state index contributed by atoms with van der Waals surface area (Å²) in [5.41, 5.74) is 1.83. The number of allylic oxidation sites excluding steroid dienone is 3. The van der Waals surface area contributed by atoms with Gasteiger partial charge in [0.05, 0.1) is 0 Å². The van der Waals surface area contributed by atoms with Gasteiger partial charge in [0.15, 0.2) is 0 Å². The second kappa shape index (κ2) is 6.90. The number of benzene rings is 1. The zero-order valence-corrected chi connectivity index (χ0v) is 13.7. The van der Waals surface area contributed by atoms with E-state index in [0.717, 1.165) is 19.3 Å². The Kier molecular flexibility index (Phi) is 5.14. The highest BCUT2D eigenvalue weighted by molar-refractivity contribution is 5.94. The molecule has 1 aromatic carbocycles. The second-order valence-electron chi connectivity index (χ2n) is 6.22. The molecular weight excluding hydrogens is 292 g/mol. The van der Waals surface area contributed by atoms with Crippen LogP contribution in [0.1, 0.15) is 60.5 Å². The first-order valence-electron chi connectivity index (χ1n) is 8.01. The van der Waals surface area contributed by atoms with Gasteiger partial charge in [0.1, 0.15) is 17.1 Å². The molecule has 0 aromatic heterocycles. The normalized spacial score (nSPS) is 20.9. The van der Waals surface area contributed by atoms with E-state index >= 15 is 0 Å². The smallest absolute Gasteiger partial charge is 0.339 e. The van der Waals surface area contributed by atoms with Gasteiger partial charge in [-0.3, -0.25) is 0 Å². The Balaban J connectivity index is 2.67. The summed E-state index contributed by atoms with van der Waals surface area (Å²) >= 11 is 0. The van der Waals surface area contributed by atoms with E-state index in [1.165, 1.54) is 11.6 Å². The highest BCUT2D eigenvalue weighted by Crippen LogP contribution is 2.46. The maximum absolute atomic E-state index is 11.6. The predicted molar refractivity (Wildman–Crippen MR) is 90.1 cm³/mol. The maximum atomic E-state index is 11.6. The largest absolute Gasteiger partial charge is 0.507 e. The quantitative estimate of drug-likeness (QED) is 0.705. The van der Waals surface area contributed by atoms with Crippen molar-refractivity contribution in [3.63, 3.8) is 0 Å². The number of aryl methyl sites for hydroxylation is 1. The fourth-order valence-electron chi connectivity index (χ4n) is 3.41. The lowest BCUT2D eigenvalue weighted by molar-refractivity contribution is 0.0692. The highest BCUT2D eigenvalue weighted by Gasteiger charge is 2.31. The van der Waals surface area contributed by atoms with Crippen LogP contribution in [0, 0.1) is 5.92 Å². The zero-order valence-electron chi connectivity index (χ0n) is 13.7. The summed E-state index contributed by atoms with van der Waals surface area (Å²) in [6.45, 7) is 7.77. The van der Waals surface area contributed by atoms with E-state index in [1.807, 2.05) is 26.0 Å². The first-order chi connectivity index (χ1) is 10.9. The Morgan fingerprint density at radius 3 is 2.70 bits per heavy atom. The number of carboxylic acid groups (broad SMARTS) is 1. The van der Waals surface area contributed by atoms with Crippen LogP contribution in [0.3, 0.4) is 0 Å². The Morgan fingerprint density at radius 2 is 2.13 bits per heavy atom. The molecule has 124 valence electrons. The molecule has 2 atom stereocenters. The van der Waals surface area contributed by atoms with Gasteiger partial charge < -0.3 is 15.3 Å². The molecule has 0 aliphatic heterocycles. The van der Waals surface area contributed by atoms with Crippen LogP contribution in [0.25, 0.3) is 0 Å². The third kappa shape index (κ3) is 3.26. The molecule has 0 radical (unpaired) electrons. The molecule has 0 saturated carbocycles. The van der Waals surface area contributed by atoms with Crippen molar-refractivity contribution in [2.45, 2.75) is 45.4 Å². The Labute approximate surface area is 136 Å². The van der Waals surface area contributed by atoms with Gasteiger partial charge >= 0.3 is 5.97 Å². The van der Waals surface area contributed by atoms with E-state index in [-0.39, 0.29) is 28.9 Å². The molecule has 2 rings (SSSR count). The van der Waals surface area contributed by atoms with Crippen molar-refractivity contribution >= 4 is 5.97 Å². The Morgan fingerprint density at radius 1 is 1.43 bits per heavy atom. The van der Waals surface area contributed by atoms with Gasteiger partial charge in [-0.25, -0.2) is 4.79 Å². The number of carbonyl (C=O) groups is 1. The minimum Gasteiger partial charge on any atom is -0.507 e. The van der Waals surface area contributed by atoms with E-state index in [2.05, 4.69) is 6.58 Å². The third-order valence-electron chi connectivity index (χ3n) is 4.57. The summed E-state index contributed by atoms with van der Waals surface area (Å²) in [6, 6.07) is 1.49. The van der Waals surface area contributed by atoms with E-state index < -0.39 is 5.97 Å². The molecule has 0 amide bonds. The highest BCUT2D eigenvalue weighted by atomic mass is 16.4. The van der Waals surface area contributed by atoms with Gasteiger partial charge in [0.25, 0.3) is 0 Å². The molecule has 1 aromatic rings. The fraction of sp³-hybridized carbons (Fsp3) is 0.421. The lowest BCUT2D eigenvalue weighted by Gasteiger charge is -2.29. The molecule has 3 N–H and O–H groups in total. The zero-order chi connectivity index (χ0) is 17.1. The van der Waals surface area contributed by atoms with Crippen LogP contribution in [-0.2, 0) is 6.42 Å². The lowest BCUT2D eigenvalue weighted by Crippen LogP contribution is -2.16. The van der Waals surface area contributed by atoms with Crippen LogP contribution < -0.4 is 0 Å². The predicted octanol–water partition coefficient (Wildman–Crippen LogP) is 4.37. The molecular formula is C19H24O4. The van der Waals surface area contributed by atoms with E-state index in [9.17, 15) is 20.1 Å². The number of phenolic OH excluding ortho intramolecular Hbond substituents is 1. The van der Waals surface area contributed by atoms with E-state index in [4.69, 9.17) is 0 Å². The average Bonchev–Trinajstić information content (AvgIpc) is 2.47. The van der Waals surface area contributed by atoms with Crippen LogP contribution >= 0.6 is 0 Å². The molecule has 0 saturated heterocycles. The molecule has 1 aliphatic carbocycles. The number of hydrogen-bond donors (Lipinski definition) is 3. The van der Waals surface area contributed by atoms with E-state index in [1.54, 1.807) is 0 Å². The van der Waals surface area contributed by atoms with Gasteiger partial charge in [-0.2, -0.15) is 0 Å². The monoisotopic (exact) mass is 316 g/mol. The summed E-state index contributed by atoms with van der Waals surface area (Å²) in [6.07, 6.45) is 6.84. The van der Waals surface area contributed by atoms with Gasteiger partial charge in [0.2, 0.25) is 0 Å². The number of aromatic carboxylic acids is 1. The topological polar surface area (TPSA) is 77.8 Å². The van der Waals surface area contributed by atoms with Gasteiger partial charge in [-0.15, -0.1) is 6.58 Å². The number of hydrogen-bond acceptors (Lipinski definition) is 3. The molecule has 1 unspecified atom stereocenters. The maximum Gasteiger partial charge on any atom is 0.339 e. The van der Waals surface area contributed by atoms with Crippen molar-refractivity contribution < 1.29 is 20.1 Å². The third-order valence-corrected chi connectivity index (χ3v) is 4.57. The van der Waals surface area contributed by atoms with Crippen LogP contribution in [0.2, 0.25) is 0 Å². The van der Waals surface area contributed by atoms with E-state index in [0.29, 0.717) is 17.5 Å². The SMILES string of the molecule is C=C[C@@H]1CCC(C)=CC1c1c(O)cc(CCC)c(C(=O)O)c1O. The summed E-state index contributed by atoms with van der Waals surface area (Å²) < 4.78 is 0. The molecule has 0 bridgehead atoms. The minimum atomic E-state index is -1.17. The van der Waals surface area contributed by atoms with Gasteiger partial charge in [-0.05, 0) is 43.7 Å². The van der Waals surface area contributed by atoms with Crippen molar-refractivity contribution in [3.8, 4) is 11.5 Å². The standard InChI is InChI=1S/C19H24O4/c1-4-6-13-10-15(20)17(18(21)16(13)19(22)23)14-9-11(3)7-8-12(14)5-2/h5,9-10,12,14,20-21H,2,4,6-8H2,1,3H3,(H,22,23)/t12-,14?/m1/s1. The first-order valence-corrected chi connectivity index (χ1v) is 8.01. The minimum absolute atomic E-state index is 0.0428. The summed E-state index contributed by atoms with van der Waals surface area (Å²) in [5, 5.41) is 30.5. The first kappa shape index (κ1) is 17.1. The van der Waals surface area contributed by atoms with Crippen LogP contribution in [0.4, 0.5) is 0 Å².